The molecule has 0 atom stereocenters. The van der Waals surface area contributed by atoms with Gasteiger partial charge in [-0.1, -0.05) is 29.5 Å². The molecule has 7 nitrogen and oxygen atoms in total. The Kier molecular flexibility index (Phi) is 5.74. The number of aromatic nitrogens is 3. The van der Waals surface area contributed by atoms with Gasteiger partial charge in [-0.05, 0) is 38.5 Å². The minimum atomic E-state index is -0.0764. The molecule has 0 saturated carbocycles. The first-order chi connectivity index (χ1) is 14.4. The number of hydrogen-bond acceptors (Lipinski definition) is 8. The summed E-state index contributed by atoms with van der Waals surface area (Å²) in [5, 5.41) is 11.2. The van der Waals surface area contributed by atoms with Crippen molar-refractivity contribution in [2.45, 2.75) is 38.7 Å². The van der Waals surface area contributed by atoms with E-state index in [1.165, 1.54) is 23.1 Å². The Morgan fingerprint density at radius 3 is 2.73 bits per heavy atom. The number of benzene rings is 1. The number of carbonyl (C=O) groups excluding carboxylic acids is 1. The van der Waals surface area contributed by atoms with Crippen molar-refractivity contribution < 1.29 is 13.6 Å². The number of thioether (sulfide) groups is 1. The molecule has 0 unspecified atom stereocenters. The van der Waals surface area contributed by atoms with Crippen LogP contribution < -0.4 is 4.90 Å². The highest BCUT2D eigenvalue weighted by molar-refractivity contribution is 7.98. The number of aryl methyl sites for hydroxylation is 3. The van der Waals surface area contributed by atoms with Gasteiger partial charge in [-0.25, -0.2) is 4.98 Å². The van der Waals surface area contributed by atoms with Crippen molar-refractivity contribution >= 4 is 39.8 Å². The Labute approximate surface area is 182 Å². The number of thiazole rings is 1. The molecule has 3 heterocycles. The van der Waals surface area contributed by atoms with Crippen LogP contribution in [0.3, 0.4) is 0 Å². The van der Waals surface area contributed by atoms with Crippen molar-refractivity contribution in [2.24, 2.45) is 0 Å². The van der Waals surface area contributed by atoms with E-state index in [4.69, 9.17) is 8.83 Å². The maximum atomic E-state index is 12.4. The van der Waals surface area contributed by atoms with Gasteiger partial charge < -0.3 is 8.83 Å². The summed E-state index contributed by atoms with van der Waals surface area (Å²) < 4.78 is 11.0. The van der Waals surface area contributed by atoms with Crippen LogP contribution in [0, 0.1) is 20.8 Å². The lowest BCUT2D eigenvalue weighted by molar-refractivity contribution is -0.115. The summed E-state index contributed by atoms with van der Waals surface area (Å²) in [6, 6.07) is 7.81. The molecule has 0 aliphatic carbocycles. The van der Waals surface area contributed by atoms with Crippen molar-refractivity contribution in [1.29, 1.82) is 0 Å². The van der Waals surface area contributed by atoms with Crippen LogP contribution in [0.5, 0.6) is 0 Å². The minimum Gasteiger partial charge on any atom is -0.469 e. The summed E-state index contributed by atoms with van der Waals surface area (Å²) >= 11 is 2.84. The third-order valence-corrected chi connectivity index (χ3v) is 6.20. The minimum absolute atomic E-state index is 0.0764. The SMILES string of the molecule is CC(=O)N(c1nc(CSc2nnc(-c3ccoc3C)o2)cs1)c1ccc(C)cc1C. The highest BCUT2D eigenvalue weighted by Crippen LogP contribution is 2.33. The van der Waals surface area contributed by atoms with Crippen molar-refractivity contribution in [3.05, 3.63) is 58.5 Å². The molecule has 0 radical (unpaired) electrons. The predicted octanol–water partition coefficient (Wildman–Crippen LogP) is 5.69. The quantitative estimate of drug-likeness (QED) is 0.356. The molecule has 4 aromatic rings. The van der Waals surface area contributed by atoms with Crippen LogP contribution >= 0.6 is 23.1 Å². The molecular formula is C21H20N4O3S2. The monoisotopic (exact) mass is 440 g/mol. The average molecular weight is 441 g/mol. The highest BCUT2D eigenvalue weighted by atomic mass is 32.2. The van der Waals surface area contributed by atoms with E-state index < -0.39 is 0 Å². The van der Waals surface area contributed by atoms with Gasteiger partial charge in [0, 0.05) is 18.1 Å². The van der Waals surface area contributed by atoms with Crippen LogP contribution in [-0.4, -0.2) is 21.1 Å². The Morgan fingerprint density at radius 1 is 1.20 bits per heavy atom. The van der Waals surface area contributed by atoms with Crippen LogP contribution in [0.25, 0.3) is 11.5 Å². The molecule has 30 heavy (non-hydrogen) atoms. The van der Waals surface area contributed by atoms with E-state index >= 15 is 0 Å². The molecule has 0 spiro atoms. The van der Waals surface area contributed by atoms with E-state index in [-0.39, 0.29) is 5.91 Å². The van der Waals surface area contributed by atoms with Crippen LogP contribution in [0.15, 0.2) is 50.0 Å². The third kappa shape index (κ3) is 4.17. The van der Waals surface area contributed by atoms with Gasteiger partial charge in [0.1, 0.15) is 5.76 Å². The Hall–Kier alpha value is -2.91. The largest absolute Gasteiger partial charge is 0.469 e. The molecule has 0 fully saturated rings. The number of rotatable bonds is 6. The van der Waals surface area contributed by atoms with Crippen LogP contribution in [0.2, 0.25) is 0 Å². The second kappa shape index (κ2) is 8.45. The molecule has 0 N–H and O–H groups in total. The standard InChI is InChI=1S/C21H20N4O3S2/c1-12-5-6-18(13(2)9-12)25(15(4)26)20-22-16(10-29-20)11-30-21-24-23-19(28-21)17-7-8-27-14(17)3/h5-10H,11H2,1-4H3. The van der Waals surface area contributed by atoms with Crippen LogP contribution in [0.1, 0.15) is 29.5 Å². The predicted molar refractivity (Wildman–Crippen MR) is 117 cm³/mol. The summed E-state index contributed by atoms with van der Waals surface area (Å²) in [4.78, 5) is 18.7. The third-order valence-electron chi connectivity index (χ3n) is 4.48. The fourth-order valence-corrected chi connectivity index (χ4v) is 4.69. The topological polar surface area (TPSA) is 85.3 Å². The molecule has 0 aliphatic heterocycles. The molecule has 154 valence electrons. The Bertz CT molecular complexity index is 1190. The van der Waals surface area contributed by atoms with E-state index in [0.717, 1.165) is 33.8 Å². The van der Waals surface area contributed by atoms with Gasteiger partial charge in [-0.2, -0.15) is 0 Å². The lowest BCUT2D eigenvalue weighted by Crippen LogP contribution is -2.23. The normalized spacial score (nSPS) is 11.1. The van der Waals surface area contributed by atoms with E-state index in [1.54, 1.807) is 24.2 Å². The first-order valence-corrected chi connectivity index (χ1v) is 11.1. The van der Waals surface area contributed by atoms with Gasteiger partial charge in [0.2, 0.25) is 5.91 Å². The van der Waals surface area contributed by atoms with Crippen LogP contribution in [-0.2, 0) is 10.5 Å². The molecule has 1 aromatic carbocycles. The van der Waals surface area contributed by atoms with Crippen molar-refractivity contribution in [1.82, 2.24) is 15.2 Å². The summed E-state index contributed by atoms with van der Waals surface area (Å²) in [5.74, 6) is 1.64. The fraction of sp³-hybridized carbons (Fsp3) is 0.238. The molecule has 9 heteroatoms. The first kappa shape index (κ1) is 20.4. The fourth-order valence-electron chi connectivity index (χ4n) is 3.05. The summed E-state index contributed by atoms with van der Waals surface area (Å²) in [6.07, 6.45) is 1.59. The van der Waals surface area contributed by atoms with E-state index in [2.05, 4.69) is 21.2 Å². The molecular weight excluding hydrogens is 420 g/mol. The lowest BCUT2D eigenvalue weighted by atomic mass is 10.1. The van der Waals surface area contributed by atoms with Crippen molar-refractivity contribution in [3.8, 4) is 11.5 Å². The van der Waals surface area contributed by atoms with E-state index in [1.807, 2.05) is 38.3 Å². The van der Waals surface area contributed by atoms with Gasteiger partial charge >= 0.3 is 0 Å². The molecule has 1 amide bonds. The molecule has 3 aromatic heterocycles. The highest BCUT2D eigenvalue weighted by Gasteiger charge is 2.20. The summed E-state index contributed by atoms with van der Waals surface area (Å²) in [6.45, 7) is 7.43. The summed E-state index contributed by atoms with van der Waals surface area (Å²) in [7, 11) is 0. The lowest BCUT2D eigenvalue weighted by Gasteiger charge is -2.20. The second-order valence-corrected chi connectivity index (χ2v) is 8.58. The maximum Gasteiger partial charge on any atom is 0.277 e. The second-order valence-electron chi connectivity index (χ2n) is 6.82. The zero-order chi connectivity index (χ0) is 21.3. The maximum absolute atomic E-state index is 12.4. The number of anilines is 2. The van der Waals surface area contributed by atoms with Gasteiger partial charge in [-0.3, -0.25) is 9.69 Å². The van der Waals surface area contributed by atoms with E-state index in [9.17, 15) is 4.79 Å². The first-order valence-electron chi connectivity index (χ1n) is 9.25. The number of amides is 1. The van der Waals surface area contributed by atoms with Gasteiger partial charge in [0.05, 0.1) is 23.2 Å². The van der Waals surface area contributed by atoms with Crippen molar-refractivity contribution in [3.63, 3.8) is 0 Å². The summed E-state index contributed by atoms with van der Waals surface area (Å²) in [5.41, 5.74) is 4.66. The average Bonchev–Trinajstić information content (AvgIpc) is 3.43. The van der Waals surface area contributed by atoms with Gasteiger partial charge in [-0.15, -0.1) is 21.5 Å². The zero-order valence-corrected chi connectivity index (χ0v) is 18.6. The smallest absolute Gasteiger partial charge is 0.277 e. The van der Waals surface area contributed by atoms with Gasteiger partial charge in [0.15, 0.2) is 5.13 Å². The van der Waals surface area contributed by atoms with Crippen molar-refractivity contribution in [2.75, 3.05) is 4.90 Å². The van der Waals surface area contributed by atoms with Crippen LogP contribution in [0.4, 0.5) is 10.8 Å². The van der Waals surface area contributed by atoms with E-state index in [0.29, 0.717) is 22.0 Å². The number of nitrogens with zero attached hydrogens (tertiary/aromatic N) is 4. The molecule has 0 bridgehead atoms. The molecule has 0 aliphatic rings. The zero-order valence-electron chi connectivity index (χ0n) is 17.0. The number of carbonyl (C=O) groups is 1. The molecule has 0 saturated heterocycles. The Balaban J connectivity index is 1.49. The number of furan rings is 1. The van der Waals surface area contributed by atoms with Gasteiger partial charge in [0.25, 0.3) is 11.1 Å². The molecule has 4 rings (SSSR count). The number of hydrogen-bond donors (Lipinski definition) is 0. The Morgan fingerprint density at radius 2 is 2.03 bits per heavy atom.